The van der Waals surface area contributed by atoms with Gasteiger partial charge in [-0.15, -0.1) is 0 Å². The fourth-order valence-electron chi connectivity index (χ4n) is 1.56. The van der Waals surface area contributed by atoms with Gasteiger partial charge in [-0.25, -0.2) is 0 Å². The van der Waals surface area contributed by atoms with E-state index in [1.165, 1.54) is 0 Å². The van der Waals surface area contributed by atoms with E-state index in [1.807, 2.05) is 13.8 Å². The summed E-state index contributed by atoms with van der Waals surface area (Å²) in [5.74, 6) is 1.25. The van der Waals surface area contributed by atoms with Crippen LogP contribution in [0.4, 0.5) is 5.69 Å². The van der Waals surface area contributed by atoms with E-state index < -0.39 is 0 Å². The zero-order chi connectivity index (χ0) is 12.3. The molecule has 0 aliphatic carbocycles. The van der Waals surface area contributed by atoms with Crippen molar-refractivity contribution in [3.05, 3.63) is 29.8 Å². The molecule has 17 heavy (non-hydrogen) atoms. The topological polar surface area (TPSA) is 47.6 Å². The first kappa shape index (κ1) is 11.5. The van der Waals surface area contributed by atoms with Crippen LogP contribution in [0.15, 0.2) is 29.8 Å². The van der Waals surface area contributed by atoms with Gasteiger partial charge in [0.1, 0.15) is 13.2 Å². The molecule has 0 aromatic heterocycles. The Balaban J connectivity index is 2.12. The molecular weight excluding hydrogens is 218 g/mol. The molecule has 1 heterocycles. The van der Waals surface area contributed by atoms with E-state index in [-0.39, 0.29) is 5.91 Å². The lowest BCUT2D eigenvalue weighted by Crippen LogP contribution is -2.16. The lowest BCUT2D eigenvalue weighted by molar-refractivity contribution is -0.111. The van der Waals surface area contributed by atoms with Crippen molar-refractivity contribution in [2.24, 2.45) is 0 Å². The molecule has 4 nitrogen and oxygen atoms in total. The average molecular weight is 233 g/mol. The number of hydrogen-bond donors (Lipinski definition) is 1. The summed E-state index contributed by atoms with van der Waals surface area (Å²) >= 11 is 0. The van der Waals surface area contributed by atoms with Gasteiger partial charge in [0, 0.05) is 17.8 Å². The van der Waals surface area contributed by atoms with Gasteiger partial charge >= 0.3 is 0 Å². The van der Waals surface area contributed by atoms with E-state index in [1.54, 1.807) is 24.3 Å². The smallest absolute Gasteiger partial charge is 0.248 e. The second kappa shape index (κ2) is 4.91. The molecule has 1 aromatic carbocycles. The molecule has 0 radical (unpaired) electrons. The summed E-state index contributed by atoms with van der Waals surface area (Å²) in [4.78, 5) is 11.5. The standard InChI is InChI=1S/C13H15NO3/c1-9(2)7-13(15)14-10-3-4-11-12(8-10)17-6-5-16-11/h3-4,7-8H,5-6H2,1-2H3,(H,14,15). The molecule has 0 atom stereocenters. The number of benzene rings is 1. The largest absolute Gasteiger partial charge is 0.486 e. The normalized spacial score (nSPS) is 12.8. The van der Waals surface area contributed by atoms with Crippen LogP contribution in [0.1, 0.15) is 13.8 Å². The third kappa shape index (κ3) is 3.00. The first-order chi connectivity index (χ1) is 8.15. The maximum Gasteiger partial charge on any atom is 0.248 e. The quantitative estimate of drug-likeness (QED) is 0.798. The van der Waals surface area contributed by atoms with Crippen molar-refractivity contribution in [1.82, 2.24) is 0 Å². The molecule has 4 heteroatoms. The summed E-state index contributed by atoms with van der Waals surface area (Å²) in [5, 5.41) is 2.77. The van der Waals surface area contributed by atoms with Gasteiger partial charge in [-0.05, 0) is 26.0 Å². The highest BCUT2D eigenvalue weighted by Gasteiger charge is 2.12. The van der Waals surface area contributed by atoms with Crippen molar-refractivity contribution in [3.8, 4) is 11.5 Å². The molecule has 0 unspecified atom stereocenters. The van der Waals surface area contributed by atoms with E-state index in [9.17, 15) is 4.79 Å². The number of nitrogens with one attached hydrogen (secondary N) is 1. The van der Waals surface area contributed by atoms with Gasteiger partial charge in [0.15, 0.2) is 11.5 Å². The number of amides is 1. The second-order valence-corrected chi connectivity index (χ2v) is 4.07. The number of carbonyl (C=O) groups excluding carboxylic acids is 1. The van der Waals surface area contributed by atoms with Gasteiger partial charge in [0.25, 0.3) is 0 Å². The molecule has 0 saturated carbocycles. The molecular formula is C13H15NO3. The van der Waals surface area contributed by atoms with E-state index in [4.69, 9.17) is 9.47 Å². The lowest BCUT2D eigenvalue weighted by Gasteiger charge is -2.18. The summed E-state index contributed by atoms with van der Waals surface area (Å²) in [6, 6.07) is 5.36. The minimum atomic E-state index is -0.137. The number of hydrogen-bond acceptors (Lipinski definition) is 3. The molecule has 0 bridgehead atoms. The Bertz CT molecular complexity index is 462. The first-order valence-electron chi connectivity index (χ1n) is 5.51. The number of rotatable bonds is 2. The van der Waals surface area contributed by atoms with Crippen molar-refractivity contribution in [2.75, 3.05) is 18.5 Å². The molecule has 1 amide bonds. The molecule has 90 valence electrons. The highest BCUT2D eigenvalue weighted by Crippen LogP contribution is 2.32. The Morgan fingerprint density at radius 3 is 2.65 bits per heavy atom. The van der Waals surface area contributed by atoms with Crippen LogP contribution in [0.5, 0.6) is 11.5 Å². The molecule has 1 N–H and O–H groups in total. The Kier molecular flexibility index (Phi) is 3.32. The Morgan fingerprint density at radius 1 is 1.24 bits per heavy atom. The number of fused-ring (bicyclic) bond motifs is 1. The average Bonchev–Trinajstić information content (AvgIpc) is 2.27. The van der Waals surface area contributed by atoms with Crippen molar-refractivity contribution in [1.29, 1.82) is 0 Å². The summed E-state index contributed by atoms with van der Waals surface area (Å²) in [7, 11) is 0. The molecule has 0 spiro atoms. The van der Waals surface area contributed by atoms with Crippen LogP contribution in [-0.4, -0.2) is 19.1 Å². The van der Waals surface area contributed by atoms with Crippen LogP contribution in [-0.2, 0) is 4.79 Å². The van der Waals surface area contributed by atoms with E-state index in [0.29, 0.717) is 24.7 Å². The van der Waals surface area contributed by atoms with Crippen molar-refractivity contribution in [3.63, 3.8) is 0 Å². The molecule has 0 saturated heterocycles. The molecule has 1 aliphatic heterocycles. The predicted molar refractivity (Wildman–Crippen MR) is 65.5 cm³/mol. The van der Waals surface area contributed by atoms with Gasteiger partial charge < -0.3 is 14.8 Å². The van der Waals surface area contributed by atoms with Crippen molar-refractivity contribution in [2.45, 2.75) is 13.8 Å². The number of carbonyl (C=O) groups is 1. The number of ether oxygens (including phenoxy) is 2. The van der Waals surface area contributed by atoms with Crippen molar-refractivity contribution < 1.29 is 14.3 Å². The number of anilines is 1. The highest BCUT2D eigenvalue weighted by molar-refractivity contribution is 5.99. The minimum absolute atomic E-state index is 0.137. The minimum Gasteiger partial charge on any atom is -0.486 e. The third-order valence-corrected chi connectivity index (χ3v) is 2.23. The van der Waals surface area contributed by atoms with Gasteiger partial charge in [0.05, 0.1) is 0 Å². The highest BCUT2D eigenvalue weighted by atomic mass is 16.6. The van der Waals surface area contributed by atoms with Crippen LogP contribution in [0.25, 0.3) is 0 Å². The van der Waals surface area contributed by atoms with E-state index in [2.05, 4.69) is 5.32 Å². The molecule has 1 aliphatic rings. The van der Waals surface area contributed by atoms with Crippen LogP contribution in [0.2, 0.25) is 0 Å². The van der Waals surface area contributed by atoms with Gasteiger partial charge in [0.2, 0.25) is 5.91 Å². The van der Waals surface area contributed by atoms with Crippen LogP contribution >= 0.6 is 0 Å². The van der Waals surface area contributed by atoms with E-state index >= 15 is 0 Å². The third-order valence-electron chi connectivity index (χ3n) is 2.23. The fraction of sp³-hybridized carbons (Fsp3) is 0.308. The maximum absolute atomic E-state index is 11.5. The van der Waals surface area contributed by atoms with Crippen LogP contribution in [0, 0.1) is 0 Å². The zero-order valence-corrected chi connectivity index (χ0v) is 9.95. The van der Waals surface area contributed by atoms with Crippen LogP contribution < -0.4 is 14.8 Å². The van der Waals surface area contributed by atoms with Gasteiger partial charge in [-0.1, -0.05) is 5.57 Å². The summed E-state index contributed by atoms with van der Waals surface area (Å²) in [5.41, 5.74) is 1.66. The monoisotopic (exact) mass is 233 g/mol. The molecule has 1 aromatic rings. The first-order valence-corrected chi connectivity index (χ1v) is 5.51. The lowest BCUT2D eigenvalue weighted by atomic mass is 10.2. The summed E-state index contributed by atoms with van der Waals surface area (Å²) in [6.07, 6.45) is 1.55. The Morgan fingerprint density at radius 2 is 1.94 bits per heavy atom. The Hall–Kier alpha value is -1.97. The van der Waals surface area contributed by atoms with Crippen molar-refractivity contribution >= 4 is 11.6 Å². The summed E-state index contributed by atoms with van der Waals surface area (Å²) < 4.78 is 10.8. The SMILES string of the molecule is CC(C)=CC(=O)Nc1ccc2c(c1)OCCO2. The fourth-order valence-corrected chi connectivity index (χ4v) is 1.56. The Labute approximate surface area is 100 Å². The summed E-state index contributed by atoms with van der Waals surface area (Å²) in [6.45, 7) is 4.86. The molecule has 0 fully saturated rings. The molecule has 2 rings (SSSR count). The predicted octanol–water partition coefficient (Wildman–Crippen LogP) is 2.36. The van der Waals surface area contributed by atoms with Gasteiger partial charge in [-0.2, -0.15) is 0 Å². The maximum atomic E-state index is 11.5. The zero-order valence-electron chi connectivity index (χ0n) is 9.95. The van der Waals surface area contributed by atoms with Gasteiger partial charge in [-0.3, -0.25) is 4.79 Å². The van der Waals surface area contributed by atoms with Crippen LogP contribution in [0.3, 0.4) is 0 Å². The second-order valence-electron chi connectivity index (χ2n) is 4.07. The van der Waals surface area contributed by atoms with E-state index in [0.717, 1.165) is 11.3 Å². The number of allylic oxidation sites excluding steroid dienone is 1.